The zero-order valence-corrected chi connectivity index (χ0v) is 7.77. The molecule has 1 atom stereocenters. The van der Waals surface area contributed by atoms with Crippen LogP contribution < -0.4 is 0 Å². The van der Waals surface area contributed by atoms with Crippen molar-refractivity contribution in [1.29, 1.82) is 0 Å². The molecule has 74 valence electrons. The number of amides is 3. The van der Waals surface area contributed by atoms with Crippen LogP contribution in [0.1, 0.15) is 6.42 Å². The molecule has 0 aromatic carbocycles. The Morgan fingerprint density at radius 1 is 1.21 bits per heavy atom. The monoisotopic (exact) mass is 194 g/mol. The first-order valence-corrected chi connectivity index (χ1v) is 4.39. The van der Waals surface area contributed by atoms with Gasteiger partial charge in [-0.2, -0.15) is 0 Å². The molecule has 2 rings (SSSR count). The zero-order valence-electron chi connectivity index (χ0n) is 7.77. The molecule has 14 heavy (non-hydrogen) atoms. The molecule has 1 fully saturated rings. The molecule has 1 unspecified atom stereocenters. The summed E-state index contributed by atoms with van der Waals surface area (Å²) in [6.07, 6.45) is 2.73. The van der Waals surface area contributed by atoms with E-state index in [1.165, 1.54) is 17.1 Å². The summed E-state index contributed by atoms with van der Waals surface area (Å²) >= 11 is 0. The van der Waals surface area contributed by atoms with Crippen molar-refractivity contribution in [3.63, 3.8) is 0 Å². The van der Waals surface area contributed by atoms with Crippen molar-refractivity contribution in [3.05, 3.63) is 12.2 Å². The van der Waals surface area contributed by atoms with Crippen molar-refractivity contribution in [3.8, 4) is 0 Å². The number of likely N-dealkylation sites (tertiary alicyclic amines) is 1. The van der Waals surface area contributed by atoms with Gasteiger partial charge < -0.3 is 4.90 Å². The molecule has 0 radical (unpaired) electrons. The first-order chi connectivity index (χ1) is 6.59. The van der Waals surface area contributed by atoms with Gasteiger partial charge in [0.2, 0.25) is 5.91 Å². The van der Waals surface area contributed by atoms with E-state index >= 15 is 0 Å². The smallest absolute Gasteiger partial charge is 0.253 e. The second-order valence-corrected chi connectivity index (χ2v) is 3.51. The SMILES string of the molecule is CN1CC(N2C(=O)C=CC2=O)CC1=O. The van der Waals surface area contributed by atoms with Crippen molar-refractivity contribution in [1.82, 2.24) is 9.80 Å². The molecule has 0 aliphatic carbocycles. The lowest BCUT2D eigenvalue weighted by Crippen LogP contribution is -2.41. The molecule has 3 amide bonds. The number of likely N-dealkylation sites (N-methyl/N-ethyl adjacent to an activating group) is 1. The Kier molecular flexibility index (Phi) is 1.87. The summed E-state index contributed by atoms with van der Waals surface area (Å²) in [7, 11) is 1.67. The predicted molar refractivity (Wildman–Crippen MR) is 47.0 cm³/mol. The summed E-state index contributed by atoms with van der Waals surface area (Å²) in [5, 5.41) is 0. The van der Waals surface area contributed by atoms with Crippen molar-refractivity contribution in [2.45, 2.75) is 12.5 Å². The van der Waals surface area contributed by atoms with Gasteiger partial charge in [-0.05, 0) is 0 Å². The maximum absolute atomic E-state index is 11.3. The van der Waals surface area contributed by atoms with Crippen molar-refractivity contribution >= 4 is 17.7 Å². The summed E-state index contributed by atoms with van der Waals surface area (Å²) < 4.78 is 0. The Morgan fingerprint density at radius 3 is 2.21 bits per heavy atom. The molecular formula is C9H10N2O3. The molecule has 5 nitrogen and oxygen atoms in total. The predicted octanol–water partition coefficient (Wildman–Crippen LogP) is -0.858. The fraction of sp³-hybridized carbons (Fsp3) is 0.444. The van der Waals surface area contributed by atoms with Gasteiger partial charge in [0.15, 0.2) is 0 Å². The molecule has 0 N–H and O–H groups in total. The summed E-state index contributed by atoms with van der Waals surface area (Å²) in [4.78, 5) is 36.4. The van der Waals surface area contributed by atoms with Gasteiger partial charge in [0.05, 0.1) is 6.04 Å². The topological polar surface area (TPSA) is 57.7 Å². The van der Waals surface area contributed by atoms with E-state index in [1.807, 2.05) is 0 Å². The number of carbonyl (C=O) groups is 3. The molecule has 1 saturated heterocycles. The van der Waals surface area contributed by atoms with E-state index in [1.54, 1.807) is 7.05 Å². The highest BCUT2D eigenvalue weighted by Gasteiger charge is 2.38. The molecule has 2 aliphatic rings. The first kappa shape index (κ1) is 8.93. The largest absolute Gasteiger partial charge is 0.344 e. The second-order valence-electron chi connectivity index (χ2n) is 3.51. The highest BCUT2D eigenvalue weighted by atomic mass is 16.2. The van der Waals surface area contributed by atoms with Gasteiger partial charge in [-0.25, -0.2) is 0 Å². The minimum atomic E-state index is -0.317. The third kappa shape index (κ3) is 1.21. The molecule has 0 bridgehead atoms. The van der Waals surface area contributed by atoms with Crippen LogP contribution >= 0.6 is 0 Å². The Balaban J connectivity index is 2.14. The third-order valence-corrected chi connectivity index (χ3v) is 2.53. The number of hydrogen-bond acceptors (Lipinski definition) is 3. The maximum atomic E-state index is 11.3. The van der Waals surface area contributed by atoms with Gasteiger partial charge in [-0.15, -0.1) is 0 Å². The van der Waals surface area contributed by atoms with Gasteiger partial charge in [-0.1, -0.05) is 0 Å². The van der Waals surface area contributed by atoms with Crippen LogP contribution in [0.3, 0.4) is 0 Å². The van der Waals surface area contributed by atoms with E-state index in [4.69, 9.17) is 0 Å². The molecule has 5 heteroatoms. The van der Waals surface area contributed by atoms with Crippen LogP contribution in [0.2, 0.25) is 0 Å². The van der Waals surface area contributed by atoms with Crippen LogP contribution in [0.25, 0.3) is 0 Å². The minimum Gasteiger partial charge on any atom is -0.344 e. The van der Waals surface area contributed by atoms with Gasteiger partial charge in [0.25, 0.3) is 11.8 Å². The van der Waals surface area contributed by atoms with E-state index in [-0.39, 0.29) is 30.2 Å². The zero-order chi connectivity index (χ0) is 10.3. The number of rotatable bonds is 1. The lowest BCUT2D eigenvalue weighted by molar-refractivity contribution is -0.139. The van der Waals surface area contributed by atoms with E-state index in [9.17, 15) is 14.4 Å². The van der Waals surface area contributed by atoms with Gasteiger partial charge >= 0.3 is 0 Å². The number of imide groups is 1. The van der Waals surface area contributed by atoms with Gasteiger partial charge in [0.1, 0.15) is 0 Å². The lowest BCUT2D eigenvalue weighted by Gasteiger charge is -2.20. The maximum Gasteiger partial charge on any atom is 0.253 e. The molecule has 0 aromatic rings. The summed E-state index contributed by atoms with van der Waals surface area (Å²) in [5.74, 6) is -0.659. The molecular weight excluding hydrogens is 184 g/mol. The summed E-state index contributed by atoms with van der Waals surface area (Å²) in [6.45, 7) is 0.442. The van der Waals surface area contributed by atoms with Crippen molar-refractivity contribution < 1.29 is 14.4 Å². The molecule has 2 aliphatic heterocycles. The number of hydrogen-bond donors (Lipinski definition) is 0. The highest BCUT2D eigenvalue weighted by molar-refractivity contribution is 6.13. The molecule has 0 saturated carbocycles. The quantitative estimate of drug-likeness (QED) is 0.510. The van der Waals surface area contributed by atoms with Crippen LogP contribution in [0.15, 0.2) is 12.2 Å². The Labute approximate surface area is 81.0 Å². The van der Waals surface area contributed by atoms with Crippen LogP contribution in [0.5, 0.6) is 0 Å². The van der Waals surface area contributed by atoms with Crippen LogP contribution in [0.4, 0.5) is 0 Å². The van der Waals surface area contributed by atoms with E-state index in [0.29, 0.717) is 6.54 Å². The van der Waals surface area contributed by atoms with E-state index < -0.39 is 0 Å². The van der Waals surface area contributed by atoms with Crippen molar-refractivity contribution in [2.75, 3.05) is 13.6 Å². The number of carbonyl (C=O) groups excluding carboxylic acids is 3. The highest BCUT2D eigenvalue weighted by Crippen LogP contribution is 2.18. The van der Waals surface area contributed by atoms with E-state index in [2.05, 4.69) is 0 Å². The van der Waals surface area contributed by atoms with Crippen LogP contribution in [-0.4, -0.2) is 47.2 Å². The van der Waals surface area contributed by atoms with Gasteiger partial charge in [0, 0.05) is 32.2 Å². The Morgan fingerprint density at radius 2 is 1.79 bits per heavy atom. The fourth-order valence-electron chi connectivity index (χ4n) is 1.78. The average Bonchev–Trinajstić information content (AvgIpc) is 2.59. The minimum absolute atomic E-state index is 0.0255. The van der Waals surface area contributed by atoms with E-state index in [0.717, 1.165) is 4.90 Å². The normalized spacial score (nSPS) is 26.9. The van der Waals surface area contributed by atoms with Crippen LogP contribution in [0, 0.1) is 0 Å². The van der Waals surface area contributed by atoms with Crippen molar-refractivity contribution in [2.24, 2.45) is 0 Å². The van der Waals surface area contributed by atoms with Crippen LogP contribution in [-0.2, 0) is 14.4 Å². The average molecular weight is 194 g/mol. The number of nitrogens with zero attached hydrogens (tertiary/aromatic N) is 2. The molecule has 0 spiro atoms. The van der Waals surface area contributed by atoms with Gasteiger partial charge in [-0.3, -0.25) is 19.3 Å². The summed E-state index contributed by atoms with van der Waals surface area (Å²) in [5.41, 5.74) is 0. The lowest BCUT2D eigenvalue weighted by atomic mass is 10.2. The first-order valence-electron chi connectivity index (χ1n) is 4.39. The Hall–Kier alpha value is -1.65. The molecule has 2 heterocycles. The fourth-order valence-corrected chi connectivity index (χ4v) is 1.78. The second kappa shape index (κ2) is 2.94. The third-order valence-electron chi connectivity index (χ3n) is 2.53. The standard InChI is InChI=1S/C9H10N2O3/c1-10-5-6(4-9(10)14)11-7(12)2-3-8(11)13/h2-3,6H,4-5H2,1H3. The summed E-state index contributed by atoms with van der Waals surface area (Å²) in [6, 6.07) is -0.289. The Bertz CT molecular complexity index is 330. The molecule has 0 aromatic heterocycles.